The van der Waals surface area contributed by atoms with Crippen molar-refractivity contribution in [3.05, 3.63) is 64.6 Å². The van der Waals surface area contributed by atoms with Gasteiger partial charge in [0.15, 0.2) is 0 Å². The SMILES string of the molecule is CCn1c(N)c(-c2nccn2COCC[Si](C)(C)C)c(=O)c2ccc(-c3ccc(CC(=O)O)cc3)nc21. The van der Waals surface area contributed by atoms with Crippen LogP contribution in [0.1, 0.15) is 12.5 Å². The third-order valence-corrected chi connectivity index (χ3v) is 7.94. The van der Waals surface area contributed by atoms with E-state index in [4.69, 9.17) is 20.6 Å². The maximum Gasteiger partial charge on any atom is 0.307 e. The van der Waals surface area contributed by atoms with E-state index in [1.54, 1.807) is 36.7 Å². The van der Waals surface area contributed by atoms with Crippen LogP contribution in [0.25, 0.3) is 33.7 Å². The molecular formula is C27H33N5O4Si. The maximum atomic E-state index is 13.6. The van der Waals surface area contributed by atoms with Crippen molar-refractivity contribution in [2.45, 2.75) is 52.3 Å². The number of nitrogens with two attached hydrogens (primary N) is 1. The Morgan fingerprint density at radius 2 is 1.86 bits per heavy atom. The average molecular weight is 520 g/mol. The van der Waals surface area contributed by atoms with Crippen LogP contribution in [0.3, 0.4) is 0 Å². The number of carboxylic acid groups (broad SMARTS) is 1. The van der Waals surface area contributed by atoms with Gasteiger partial charge < -0.3 is 24.7 Å². The van der Waals surface area contributed by atoms with E-state index in [9.17, 15) is 9.59 Å². The number of pyridine rings is 2. The fourth-order valence-electron chi connectivity index (χ4n) is 4.18. The molecule has 1 aromatic carbocycles. The minimum absolute atomic E-state index is 0.0424. The van der Waals surface area contributed by atoms with Crippen LogP contribution in [-0.2, 0) is 29.2 Å². The van der Waals surface area contributed by atoms with Crippen LogP contribution in [0.4, 0.5) is 5.82 Å². The summed E-state index contributed by atoms with van der Waals surface area (Å²) in [5, 5.41) is 9.45. The van der Waals surface area contributed by atoms with E-state index in [-0.39, 0.29) is 18.6 Å². The van der Waals surface area contributed by atoms with Gasteiger partial charge in [-0.15, -0.1) is 0 Å². The molecule has 194 valence electrons. The first kappa shape index (κ1) is 26.3. The summed E-state index contributed by atoms with van der Waals surface area (Å²) in [5.41, 5.74) is 9.35. The molecule has 9 nitrogen and oxygen atoms in total. The molecule has 3 aromatic heterocycles. The lowest BCUT2D eigenvalue weighted by atomic mass is 10.1. The van der Waals surface area contributed by atoms with Crippen LogP contribution in [-0.4, -0.2) is 44.9 Å². The number of hydrogen-bond acceptors (Lipinski definition) is 6. The van der Waals surface area contributed by atoms with E-state index >= 15 is 0 Å². The molecule has 0 amide bonds. The lowest BCUT2D eigenvalue weighted by Crippen LogP contribution is -2.22. The molecule has 3 N–H and O–H groups in total. The summed E-state index contributed by atoms with van der Waals surface area (Å²) in [5.74, 6) is -0.109. The minimum atomic E-state index is -1.21. The van der Waals surface area contributed by atoms with Gasteiger partial charge in [0.1, 0.15) is 29.6 Å². The van der Waals surface area contributed by atoms with E-state index in [2.05, 4.69) is 24.6 Å². The fraction of sp³-hybridized carbons (Fsp3) is 0.333. The highest BCUT2D eigenvalue weighted by molar-refractivity contribution is 6.76. The molecule has 0 saturated carbocycles. The van der Waals surface area contributed by atoms with Crippen LogP contribution in [0.2, 0.25) is 25.7 Å². The molecule has 0 unspecified atom stereocenters. The molecule has 10 heteroatoms. The lowest BCUT2D eigenvalue weighted by molar-refractivity contribution is -0.136. The lowest BCUT2D eigenvalue weighted by Gasteiger charge is -2.18. The number of aromatic nitrogens is 4. The topological polar surface area (TPSA) is 125 Å². The Morgan fingerprint density at radius 3 is 2.51 bits per heavy atom. The normalized spacial score (nSPS) is 11.8. The number of aryl methyl sites for hydroxylation is 1. The molecule has 0 aliphatic rings. The second-order valence-electron chi connectivity index (χ2n) is 10.2. The Labute approximate surface area is 216 Å². The van der Waals surface area contributed by atoms with Crippen LogP contribution >= 0.6 is 0 Å². The number of nitrogens with zero attached hydrogens (tertiary/aromatic N) is 4. The van der Waals surface area contributed by atoms with Gasteiger partial charge in [-0.1, -0.05) is 43.9 Å². The first-order valence-electron chi connectivity index (χ1n) is 12.3. The molecule has 0 saturated heterocycles. The Hall–Kier alpha value is -3.76. The molecule has 0 radical (unpaired) electrons. The predicted molar refractivity (Wildman–Crippen MR) is 148 cm³/mol. The zero-order chi connectivity index (χ0) is 26.7. The summed E-state index contributed by atoms with van der Waals surface area (Å²) in [6.07, 6.45) is 3.39. The number of aliphatic carboxylic acids is 1. The van der Waals surface area contributed by atoms with Gasteiger partial charge in [0, 0.05) is 39.2 Å². The molecule has 0 spiro atoms. The number of benzene rings is 1. The summed E-state index contributed by atoms with van der Waals surface area (Å²) in [6.45, 7) is 10.3. The maximum absolute atomic E-state index is 13.6. The van der Waals surface area contributed by atoms with Gasteiger partial charge in [-0.05, 0) is 30.7 Å². The van der Waals surface area contributed by atoms with Gasteiger partial charge in [-0.3, -0.25) is 9.59 Å². The van der Waals surface area contributed by atoms with Crippen molar-refractivity contribution < 1.29 is 14.6 Å². The highest BCUT2D eigenvalue weighted by atomic mass is 28.3. The number of imidazole rings is 1. The molecule has 0 aliphatic carbocycles. The molecule has 0 aliphatic heterocycles. The summed E-state index contributed by atoms with van der Waals surface area (Å²) in [6, 6.07) is 11.8. The van der Waals surface area contributed by atoms with Crippen molar-refractivity contribution in [3.63, 3.8) is 0 Å². The smallest absolute Gasteiger partial charge is 0.307 e. The van der Waals surface area contributed by atoms with E-state index < -0.39 is 14.0 Å². The first-order valence-corrected chi connectivity index (χ1v) is 16.0. The molecule has 4 aromatic rings. The van der Waals surface area contributed by atoms with Crippen molar-refractivity contribution >= 4 is 30.9 Å². The Kier molecular flexibility index (Phi) is 7.60. The molecule has 3 heterocycles. The quantitative estimate of drug-likeness (QED) is 0.234. The number of carboxylic acids is 1. The summed E-state index contributed by atoms with van der Waals surface area (Å²) < 4.78 is 9.53. The molecule has 0 fully saturated rings. The van der Waals surface area contributed by atoms with Crippen molar-refractivity contribution in [1.82, 2.24) is 19.1 Å². The van der Waals surface area contributed by atoms with Gasteiger partial charge >= 0.3 is 5.97 Å². The zero-order valence-electron chi connectivity index (χ0n) is 21.7. The molecular weight excluding hydrogens is 486 g/mol. The van der Waals surface area contributed by atoms with Gasteiger partial charge in [-0.2, -0.15) is 0 Å². The molecule has 4 rings (SSSR count). The van der Waals surface area contributed by atoms with Gasteiger partial charge in [0.2, 0.25) is 5.43 Å². The Balaban J connectivity index is 1.72. The largest absolute Gasteiger partial charge is 0.481 e. The van der Waals surface area contributed by atoms with E-state index in [1.165, 1.54) is 0 Å². The summed E-state index contributed by atoms with van der Waals surface area (Å²) in [4.78, 5) is 33.8. The second kappa shape index (κ2) is 10.7. The standard InChI is InChI=1S/C27H33N5O4Si/c1-5-32-25(28)23(27-29-12-13-31(27)17-36-14-15-37(2,3)4)24(35)20-10-11-21(30-26(20)32)19-8-6-18(7-9-19)16-22(33)34/h6-13H,5,14-17,28H2,1-4H3,(H,33,34). The summed E-state index contributed by atoms with van der Waals surface area (Å²) >= 11 is 0. The van der Waals surface area contributed by atoms with E-state index in [0.29, 0.717) is 52.6 Å². The third kappa shape index (κ3) is 5.81. The van der Waals surface area contributed by atoms with Gasteiger partial charge in [0.25, 0.3) is 0 Å². The number of anilines is 1. The molecule has 37 heavy (non-hydrogen) atoms. The zero-order valence-corrected chi connectivity index (χ0v) is 22.7. The number of hydrogen-bond donors (Lipinski definition) is 2. The Morgan fingerprint density at radius 1 is 1.14 bits per heavy atom. The second-order valence-corrected chi connectivity index (χ2v) is 15.9. The van der Waals surface area contributed by atoms with Crippen LogP contribution in [0, 0.1) is 0 Å². The fourth-order valence-corrected chi connectivity index (χ4v) is 4.94. The van der Waals surface area contributed by atoms with Crippen molar-refractivity contribution in [1.29, 1.82) is 0 Å². The van der Waals surface area contributed by atoms with Crippen LogP contribution in [0.5, 0.6) is 0 Å². The van der Waals surface area contributed by atoms with E-state index in [0.717, 1.165) is 11.6 Å². The highest BCUT2D eigenvalue weighted by Gasteiger charge is 2.21. The van der Waals surface area contributed by atoms with E-state index in [1.807, 2.05) is 28.2 Å². The van der Waals surface area contributed by atoms with Crippen molar-refractivity contribution in [3.8, 4) is 22.6 Å². The highest BCUT2D eigenvalue weighted by Crippen LogP contribution is 2.27. The average Bonchev–Trinajstić information content (AvgIpc) is 3.29. The van der Waals surface area contributed by atoms with Crippen LogP contribution < -0.4 is 11.2 Å². The van der Waals surface area contributed by atoms with Crippen LogP contribution in [0.15, 0.2) is 53.6 Å². The number of carbonyl (C=O) groups is 1. The number of ether oxygens (including phenoxy) is 1. The van der Waals surface area contributed by atoms with Crippen molar-refractivity contribution in [2.24, 2.45) is 0 Å². The minimum Gasteiger partial charge on any atom is -0.481 e. The van der Waals surface area contributed by atoms with Gasteiger partial charge in [-0.25, -0.2) is 9.97 Å². The molecule has 0 atom stereocenters. The van der Waals surface area contributed by atoms with Gasteiger partial charge in [0.05, 0.1) is 17.5 Å². The molecule has 0 bridgehead atoms. The Bertz CT molecular complexity index is 1490. The predicted octanol–water partition coefficient (Wildman–Crippen LogP) is 4.47. The van der Waals surface area contributed by atoms with Crippen molar-refractivity contribution in [2.75, 3.05) is 12.3 Å². The number of rotatable bonds is 10. The number of nitrogen functional groups attached to an aromatic ring is 1. The monoisotopic (exact) mass is 519 g/mol. The third-order valence-electron chi connectivity index (χ3n) is 6.24. The number of fused-ring (bicyclic) bond motifs is 1. The first-order chi connectivity index (χ1) is 17.6. The summed E-state index contributed by atoms with van der Waals surface area (Å²) in [7, 11) is -1.21.